The lowest BCUT2D eigenvalue weighted by Gasteiger charge is -2.11. The van der Waals surface area contributed by atoms with Crippen molar-refractivity contribution in [1.82, 2.24) is 0 Å². The highest BCUT2D eigenvalue weighted by molar-refractivity contribution is 5.73. The quantitative estimate of drug-likeness (QED) is 0.597. The van der Waals surface area contributed by atoms with Gasteiger partial charge in [0.1, 0.15) is 6.29 Å². The molecule has 0 saturated heterocycles. The van der Waals surface area contributed by atoms with Gasteiger partial charge in [-0.1, -0.05) is 13.8 Å². The first-order chi connectivity index (χ1) is 4.59. The van der Waals surface area contributed by atoms with Crippen LogP contribution in [0.15, 0.2) is 0 Å². The van der Waals surface area contributed by atoms with Gasteiger partial charge in [-0.15, -0.1) is 0 Å². The third kappa shape index (κ3) is 2.62. The molecule has 0 heterocycles. The Kier molecular flexibility index (Phi) is 3.69. The topological polar surface area (TPSA) is 54.4 Å². The first-order valence-corrected chi connectivity index (χ1v) is 3.26. The molecule has 0 aliphatic heterocycles. The number of carbonyl (C=O) groups is 2. The van der Waals surface area contributed by atoms with Gasteiger partial charge in [0, 0.05) is 6.42 Å². The molecule has 58 valence electrons. The number of carbonyl (C=O) groups excluding carboxylic acids is 1. The predicted octanol–water partition coefficient (Wildman–Crippen LogP) is 0.932. The van der Waals surface area contributed by atoms with E-state index in [9.17, 15) is 9.59 Å². The van der Waals surface area contributed by atoms with Crippen molar-refractivity contribution in [3.8, 4) is 0 Å². The molecule has 0 aromatic rings. The standard InChI is InChI=1S/C7H12O3/c1-5(2)6(3-4-8)7(9)10/h4-6H,3H2,1-2H3,(H,9,10)/t6-/m0/s1. The lowest BCUT2D eigenvalue weighted by molar-refractivity contribution is -0.144. The number of hydrogen-bond donors (Lipinski definition) is 1. The minimum atomic E-state index is -0.887. The van der Waals surface area contributed by atoms with Crippen LogP contribution < -0.4 is 0 Å². The molecular weight excluding hydrogens is 132 g/mol. The largest absolute Gasteiger partial charge is 0.481 e. The molecule has 0 unspecified atom stereocenters. The summed E-state index contributed by atoms with van der Waals surface area (Å²) in [5, 5.41) is 8.52. The van der Waals surface area contributed by atoms with E-state index in [-0.39, 0.29) is 12.3 Å². The van der Waals surface area contributed by atoms with E-state index in [0.717, 1.165) is 0 Å². The highest BCUT2D eigenvalue weighted by Gasteiger charge is 2.19. The molecule has 3 nitrogen and oxygen atoms in total. The van der Waals surface area contributed by atoms with Crippen LogP contribution >= 0.6 is 0 Å². The highest BCUT2D eigenvalue weighted by Crippen LogP contribution is 2.13. The van der Waals surface area contributed by atoms with Crippen LogP contribution in [0.2, 0.25) is 0 Å². The molecule has 10 heavy (non-hydrogen) atoms. The predicted molar refractivity (Wildman–Crippen MR) is 36.6 cm³/mol. The number of carboxylic acid groups (broad SMARTS) is 1. The van der Waals surface area contributed by atoms with E-state index >= 15 is 0 Å². The zero-order valence-electron chi connectivity index (χ0n) is 6.20. The third-order valence-electron chi connectivity index (χ3n) is 1.47. The fraction of sp³-hybridized carbons (Fsp3) is 0.714. The van der Waals surface area contributed by atoms with Crippen molar-refractivity contribution in [1.29, 1.82) is 0 Å². The van der Waals surface area contributed by atoms with Gasteiger partial charge in [-0.05, 0) is 5.92 Å². The lowest BCUT2D eigenvalue weighted by Crippen LogP contribution is -2.19. The second kappa shape index (κ2) is 4.04. The van der Waals surface area contributed by atoms with E-state index in [1.165, 1.54) is 0 Å². The maximum atomic E-state index is 10.4. The van der Waals surface area contributed by atoms with Gasteiger partial charge in [0.2, 0.25) is 0 Å². The average Bonchev–Trinajstić information content (AvgIpc) is 1.81. The van der Waals surface area contributed by atoms with Crippen LogP contribution in [-0.2, 0) is 9.59 Å². The van der Waals surface area contributed by atoms with Crippen LogP contribution in [0.25, 0.3) is 0 Å². The molecule has 0 aliphatic rings. The summed E-state index contributed by atoms with van der Waals surface area (Å²) in [6, 6.07) is 0. The summed E-state index contributed by atoms with van der Waals surface area (Å²) in [5.74, 6) is -1.37. The zero-order valence-corrected chi connectivity index (χ0v) is 6.20. The molecule has 0 rings (SSSR count). The highest BCUT2D eigenvalue weighted by atomic mass is 16.4. The van der Waals surface area contributed by atoms with Gasteiger partial charge in [0.15, 0.2) is 0 Å². The van der Waals surface area contributed by atoms with E-state index in [1.807, 2.05) is 0 Å². The van der Waals surface area contributed by atoms with Gasteiger partial charge in [0.05, 0.1) is 5.92 Å². The van der Waals surface area contributed by atoms with Crippen molar-refractivity contribution in [2.75, 3.05) is 0 Å². The maximum absolute atomic E-state index is 10.4. The smallest absolute Gasteiger partial charge is 0.307 e. The Morgan fingerprint density at radius 2 is 2.10 bits per heavy atom. The molecule has 0 fully saturated rings. The summed E-state index contributed by atoms with van der Waals surface area (Å²) >= 11 is 0. The Balaban J connectivity index is 3.97. The number of hydrogen-bond acceptors (Lipinski definition) is 2. The van der Waals surface area contributed by atoms with Crippen molar-refractivity contribution >= 4 is 12.3 Å². The molecule has 0 radical (unpaired) electrons. The van der Waals surface area contributed by atoms with E-state index in [2.05, 4.69) is 0 Å². The first kappa shape index (κ1) is 9.14. The molecule has 0 aliphatic carbocycles. The third-order valence-corrected chi connectivity index (χ3v) is 1.47. The molecule has 0 bridgehead atoms. The van der Waals surface area contributed by atoms with Gasteiger partial charge in [-0.25, -0.2) is 0 Å². The van der Waals surface area contributed by atoms with Crippen molar-refractivity contribution in [2.45, 2.75) is 20.3 Å². The molecule has 0 aromatic carbocycles. The van der Waals surface area contributed by atoms with Crippen molar-refractivity contribution in [3.63, 3.8) is 0 Å². The Morgan fingerprint density at radius 3 is 2.20 bits per heavy atom. The molecule has 0 saturated carbocycles. The number of rotatable bonds is 4. The van der Waals surface area contributed by atoms with Crippen LogP contribution in [0, 0.1) is 11.8 Å². The monoisotopic (exact) mass is 144 g/mol. The zero-order chi connectivity index (χ0) is 8.15. The van der Waals surface area contributed by atoms with Gasteiger partial charge in [0.25, 0.3) is 0 Å². The fourth-order valence-electron chi connectivity index (χ4n) is 0.762. The molecule has 0 amide bonds. The fourth-order valence-corrected chi connectivity index (χ4v) is 0.762. The molecular formula is C7H12O3. The Hall–Kier alpha value is -0.860. The molecule has 1 N–H and O–H groups in total. The van der Waals surface area contributed by atoms with Crippen LogP contribution in [0.3, 0.4) is 0 Å². The molecule has 3 heteroatoms. The van der Waals surface area contributed by atoms with Gasteiger partial charge in [-0.3, -0.25) is 4.79 Å². The van der Waals surface area contributed by atoms with Gasteiger partial charge < -0.3 is 9.90 Å². The van der Waals surface area contributed by atoms with E-state index in [0.29, 0.717) is 6.29 Å². The van der Waals surface area contributed by atoms with Crippen LogP contribution in [0.5, 0.6) is 0 Å². The van der Waals surface area contributed by atoms with E-state index < -0.39 is 11.9 Å². The maximum Gasteiger partial charge on any atom is 0.307 e. The Labute approximate surface area is 60.0 Å². The Bertz CT molecular complexity index is 129. The minimum absolute atomic E-state index is 0.0303. The number of aliphatic carboxylic acids is 1. The lowest BCUT2D eigenvalue weighted by atomic mass is 9.93. The van der Waals surface area contributed by atoms with E-state index in [1.54, 1.807) is 13.8 Å². The Morgan fingerprint density at radius 1 is 1.60 bits per heavy atom. The summed E-state index contributed by atoms with van der Waals surface area (Å²) < 4.78 is 0. The minimum Gasteiger partial charge on any atom is -0.481 e. The van der Waals surface area contributed by atoms with Crippen LogP contribution in [0.1, 0.15) is 20.3 Å². The van der Waals surface area contributed by atoms with Crippen molar-refractivity contribution in [2.24, 2.45) is 11.8 Å². The molecule has 0 spiro atoms. The summed E-state index contributed by atoms with van der Waals surface area (Å²) in [6.45, 7) is 3.59. The van der Waals surface area contributed by atoms with E-state index in [4.69, 9.17) is 5.11 Å². The second-order valence-corrected chi connectivity index (χ2v) is 2.59. The van der Waals surface area contributed by atoms with Gasteiger partial charge in [-0.2, -0.15) is 0 Å². The summed E-state index contributed by atoms with van der Waals surface area (Å²) in [7, 11) is 0. The van der Waals surface area contributed by atoms with Gasteiger partial charge >= 0.3 is 5.97 Å². The van der Waals surface area contributed by atoms with Crippen molar-refractivity contribution in [3.05, 3.63) is 0 Å². The van der Waals surface area contributed by atoms with Crippen molar-refractivity contribution < 1.29 is 14.7 Å². The first-order valence-electron chi connectivity index (χ1n) is 3.26. The number of carboxylic acids is 1. The number of aldehydes is 1. The summed E-state index contributed by atoms with van der Waals surface area (Å²) in [6.07, 6.45) is 0.770. The van der Waals surface area contributed by atoms with Crippen LogP contribution in [0.4, 0.5) is 0 Å². The summed E-state index contributed by atoms with van der Waals surface area (Å²) in [5.41, 5.74) is 0. The molecule has 1 atom stereocenters. The van der Waals surface area contributed by atoms with Crippen LogP contribution in [-0.4, -0.2) is 17.4 Å². The normalized spacial score (nSPS) is 13.1. The molecule has 0 aromatic heterocycles. The average molecular weight is 144 g/mol. The second-order valence-electron chi connectivity index (χ2n) is 2.59. The SMILES string of the molecule is CC(C)[C@H](CC=O)C(=O)O. The summed E-state index contributed by atoms with van der Waals surface area (Å²) in [4.78, 5) is 20.3.